The van der Waals surface area contributed by atoms with Crippen LogP contribution in [0.4, 0.5) is 16.2 Å². The van der Waals surface area contributed by atoms with Crippen LogP contribution in [0.2, 0.25) is 0 Å². The molecule has 1 aliphatic carbocycles. The summed E-state index contributed by atoms with van der Waals surface area (Å²) in [6, 6.07) is 21.8. The van der Waals surface area contributed by atoms with Crippen LogP contribution in [0.5, 0.6) is 0 Å². The first kappa shape index (κ1) is 14.8. The molecule has 0 unspecified atom stereocenters. The predicted octanol–water partition coefficient (Wildman–Crippen LogP) is 5.54. The molecule has 0 aromatic heterocycles. The van der Waals surface area contributed by atoms with Crippen molar-refractivity contribution >= 4 is 28.2 Å². The molecule has 1 saturated carbocycles. The number of carbonyl (C=O) groups excluding carboxylic acids is 1. The Kier molecular flexibility index (Phi) is 3.49. The Morgan fingerprint density at radius 1 is 0.833 bits per heavy atom. The van der Waals surface area contributed by atoms with Crippen LogP contribution >= 0.6 is 0 Å². The average molecular weight is 316 g/mol. The van der Waals surface area contributed by atoms with E-state index in [0.717, 1.165) is 22.1 Å². The lowest BCUT2D eigenvalue weighted by atomic mass is 9.96. The number of nitrogens with one attached hydrogen (secondary N) is 2. The minimum atomic E-state index is -0.206. The van der Waals surface area contributed by atoms with Crippen molar-refractivity contribution in [2.75, 3.05) is 10.6 Å². The summed E-state index contributed by atoms with van der Waals surface area (Å²) in [5.41, 5.74) is 3.15. The molecule has 0 bridgehead atoms. The van der Waals surface area contributed by atoms with Gasteiger partial charge in [0.05, 0.1) is 5.69 Å². The number of hydrogen-bond acceptors (Lipinski definition) is 1. The third-order valence-electron chi connectivity index (χ3n) is 4.86. The first-order chi connectivity index (χ1) is 11.7. The van der Waals surface area contributed by atoms with E-state index in [9.17, 15) is 4.79 Å². The maximum Gasteiger partial charge on any atom is 0.323 e. The van der Waals surface area contributed by atoms with Crippen molar-refractivity contribution in [3.8, 4) is 0 Å². The Hall–Kier alpha value is -2.81. The van der Waals surface area contributed by atoms with Crippen LogP contribution in [0.1, 0.15) is 25.3 Å². The highest BCUT2D eigenvalue weighted by molar-refractivity contribution is 6.06. The fourth-order valence-corrected chi connectivity index (χ4v) is 3.19. The molecule has 0 radical (unpaired) electrons. The minimum absolute atomic E-state index is 0.206. The zero-order valence-electron chi connectivity index (χ0n) is 13.7. The summed E-state index contributed by atoms with van der Waals surface area (Å²) in [7, 11) is 0. The van der Waals surface area contributed by atoms with Crippen LogP contribution in [0.3, 0.4) is 0 Å². The maximum absolute atomic E-state index is 12.5. The third kappa shape index (κ3) is 2.73. The summed E-state index contributed by atoms with van der Waals surface area (Å²) in [5, 5.41) is 8.15. The molecule has 24 heavy (non-hydrogen) atoms. The molecule has 1 aliphatic rings. The summed E-state index contributed by atoms with van der Waals surface area (Å²) in [4.78, 5) is 12.5. The quantitative estimate of drug-likeness (QED) is 0.655. The van der Waals surface area contributed by atoms with E-state index in [1.165, 1.54) is 18.4 Å². The van der Waals surface area contributed by atoms with Gasteiger partial charge in [0.15, 0.2) is 0 Å². The van der Waals surface area contributed by atoms with E-state index < -0.39 is 0 Å². The number of amides is 2. The van der Waals surface area contributed by atoms with Crippen molar-refractivity contribution < 1.29 is 4.79 Å². The van der Waals surface area contributed by atoms with Gasteiger partial charge in [0, 0.05) is 11.1 Å². The fraction of sp³-hybridized carbons (Fsp3) is 0.190. The van der Waals surface area contributed by atoms with E-state index in [1.807, 2.05) is 60.7 Å². The van der Waals surface area contributed by atoms with Gasteiger partial charge < -0.3 is 10.6 Å². The number of carbonyl (C=O) groups is 1. The average Bonchev–Trinajstić information content (AvgIpc) is 3.34. The molecule has 0 aliphatic heterocycles. The highest BCUT2D eigenvalue weighted by Gasteiger charge is 2.40. The number of hydrogen-bond donors (Lipinski definition) is 2. The van der Waals surface area contributed by atoms with Crippen LogP contribution < -0.4 is 10.6 Å². The molecule has 0 saturated heterocycles. The molecular formula is C21H20N2O. The first-order valence-electron chi connectivity index (χ1n) is 8.31. The smallest absolute Gasteiger partial charge is 0.307 e. The Morgan fingerprint density at radius 2 is 1.46 bits per heavy atom. The Labute approximate surface area is 141 Å². The largest absolute Gasteiger partial charge is 0.323 e. The van der Waals surface area contributed by atoms with Gasteiger partial charge >= 0.3 is 6.03 Å². The van der Waals surface area contributed by atoms with Crippen LogP contribution in [0.25, 0.3) is 10.8 Å². The summed E-state index contributed by atoms with van der Waals surface area (Å²) in [6.07, 6.45) is 2.35. The number of benzene rings is 3. The number of fused-ring (bicyclic) bond motifs is 1. The Bertz CT molecular complexity index is 907. The van der Waals surface area contributed by atoms with Gasteiger partial charge in [0.25, 0.3) is 0 Å². The normalized spacial score (nSPS) is 15.0. The lowest BCUT2D eigenvalue weighted by molar-refractivity contribution is 0.262. The SMILES string of the molecule is CC1(c2ccccc2NC(=O)Nc2cccc3ccccc23)CC1. The Morgan fingerprint density at radius 3 is 2.29 bits per heavy atom. The van der Waals surface area contributed by atoms with Gasteiger partial charge in [-0.25, -0.2) is 4.79 Å². The molecule has 3 nitrogen and oxygen atoms in total. The second kappa shape index (κ2) is 5.68. The molecular weight excluding hydrogens is 296 g/mol. The van der Waals surface area contributed by atoms with Crippen LogP contribution in [0, 0.1) is 0 Å². The van der Waals surface area contributed by atoms with Crippen molar-refractivity contribution in [1.82, 2.24) is 0 Å². The monoisotopic (exact) mass is 316 g/mol. The van der Waals surface area contributed by atoms with E-state index in [4.69, 9.17) is 0 Å². The lowest BCUT2D eigenvalue weighted by Gasteiger charge is -2.16. The van der Waals surface area contributed by atoms with Crippen molar-refractivity contribution in [3.63, 3.8) is 0 Å². The summed E-state index contributed by atoms with van der Waals surface area (Å²) in [5.74, 6) is 0. The molecule has 0 heterocycles. The fourth-order valence-electron chi connectivity index (χ4n) is 3.19. The van der Waals surface area contributed by atoms with Crippen molar-refractivity contribution in [2.24, 2.45) is 0 Å². The molecule has 2 amide bonds. The van der Waals surface area contributed by atoms with Gasteiger partial charge in [-0.1, -0.05) is 61.5 Å². The van der Waals surface area contributed by atoms with E-state index in [0.29, 0.717) is 0 Å². The van der Waals surface area contributed by atoms with E-state index in [2.05, 4.69) is 23.6 Å². The first-order valence-corrected chi connectivity index (χ1v) is 8.31. The standard InChI is InChI=1S/C21H20N2O/c1-21(13-14-21)17-10-4-5-11-19(17)23-20(24)22-18-12-6-8-15-7-2-3-9-16(15)18/h2-12H,13-14H2,1H3,(H2,22,23,24). The van der Waals surface area contributed by atoms with Crippen molar-refractivity contribution in [3.05, 3.63) is 72.3 Å². The number of rotatable bonds is 3. The van der Waals surface area contributed by atoms with Crippen molar-refractivity contribution in [1.29, 1.82) is 0 Å². The van der Waals surface area contributed by atoms with E-state index in [1.54, 1.807) is 0 Å². The van der Waals surface area contributed by atoms with E-state index in [-0.39, 0.29) is 11.4 Å². The van der Waals surface area contributed by atoms with Gasteiger partial charge in [-0.15, -0.1) is 0 Å². The van der Waals surface area contributed by atoms with Crippen LogP contribution in [-0.4, -0.2) is 6.03 Å². The molecule has 3 heteroatoms. The van der Waals surface area contributed by atoms with Gasteiger partial charge in [0.1, 0.15) is 0 Å². The summed E-state index contributed by atoms with van der Waals surface area (Å²) >= 11 is 0. The zero-order valence-corrected chi connectivity index (χ0v) is 13.7. The third-order valence-corrected chi connectivity index (χ3v) is 4.86. The minimum Gasteiger partial charge on any atom is -0.307 e. The molecule has 0 spiro atoms. The summed E-state index contributed by atoms with van der Waals surface area (Å²) < 4.78 is 0. The molecule has 3 aromatic carbocycles. The predicted molar refractivity (Wildman–Crippen MR) is 99.6 cm³/mol. The second-order valence-corrected chi connectivity index (χ2v) is 6.71. The van der Waals surface area contributed by atoms with Crippen molar-refractivity contribution in [2.45, 2.75) is 25.2 Å². The molecule has 1 fully saturated rings. The lowest BCUT2D eigenvalue weighted by Crippen LogP contribution is -2.21. The Balaban J connectivity index is 1.57. The number of anilines is 2. The highest BCUT2D eigenvalue weighted by atomic mass is 16.2. The molecule has 3 aromatic rings. The number of para-hydroxylation sites is 1. The molecule has 2 N–H and O–H groups in total. The van der Waals surface area contributed by atoms with Gasteiger partial charge in [0.2, 0.25) is 0 Å². The summed E-state index contributed by atoms with van der Waals surface area (Å²) in [6.45, 7) is 2.25. The topological polar surface area (TPSA) is 41.1 Å². The molecule has 4 rings (SSSR count). The van der Waals surface area contributed by atoms with Gasteiger partial charge in [-0.3, -0.25) is 0 Å². The van der Waals surface area contributed by atoms with Gasteiger partial charge in [-0.2, -0.15) is 0 Å². The second-order valence-electron chi connectivity index (χ2n) is 6.71. The highest BCUT2D eigenvalue weighted by Crippen LogP contribution is 2.50. The maximum atomic E-state index is 12.5. The van der Waals surface area contributed by atoms with Gasteiger partial charge in [-0.05, 0) is 41.3 Å². The number of urea groups is 1. The van der Waals surface area contributed by atoms with Crippen LogP contribution in [0.15, 0.2) is 66.7 Å². The van der Waals surface area contributed by atoms with E-state index >= 15 is 0 Å². The van der Waals surface area contributed by atoms with Crippen LogP contribution in [-0.2, 0) is 5.41 Å². The zero-order chi connectivity index (χ0) is 16.6. The molecule has 0 atom stereocenters. The molecule has 120 valence electrons.